The van der Waals surface area contributed by atoms with Crippen LogP contribution in [0.1, 0.15) is 56.9 Å². The molecule has 1 atom stereocenters. The minimum absolute atomic E-state index is 0.0416. The van der Waals surface area contributed by atoms with Crippen LogP contribution < -0.4 is 10.1 Å². The molecule has 39 heavy (non-hydrogen) atoms. The normalized spacial score (nSPS) is 23.0. The number of benzene rings is 2. The number of piperidine rings is 1. The summed E-state index contributed by atoms with van der Waals surface area (Å²) >= 11 is 0. The van der Waals surface area contributed by atoms with E-state index >= 15 is 0 Å². The Bertz CT molecular complexity index is 1260. The van der Waals surface area contributed by atoms with E-state index < -0.39 is 21.5 Å². The largest absolute Gasteiger partial charge is 0.491 e. The number of hydrogen-bond acceptors (Lipinski definition) is 5. The third-order valence-corrected chi connectivity index (χ3v) is 10.5. The summed E-state index contributed by atoms with van der Waals surface area (Å²) in [7, 11) is -3.74. The van der Waals surface area contributed by atoms with Crippen LogP contribution in [-0.4, -0.2) is 68.3 Å². The summed E-state index contributed by atoms with van der Waals surface area (Å²) in [6.45, 7) is 2.12. The number of likely N-dealkylation sites (tertiary alicyclic amines) is 1. The van der Waals surface area contributed by atoms with Crippen molar-refractivity contribution < 1.29 is 22.7 Å². The molecule has 3 heterocycles. The first-order chi connectivity index (χ1) is 18.9. The van der Waals surface area contributed by atoms with Crippen LogP contribution in [0.25, 0.3) is 0 Å². The van der Waals surface area contributed by atoms with Crippen LogP contribution >= 0.6 is 0 Å². The summed E-state index contributed by atoms with van der Waals surface area (Å²) in [6.07, 6.45) is 7.13. The molecule has 9 heteroatoms. The number of ether oxygens (including phenoxy) is 1. The molecule has 210 valence electrons. The standard InChI is InChI=1S/C30H39N3O5S/c34-28(26-14-9-20-33(26)39(36,37)25-12-4-1-5-13-25)32-21-17-30(18-22-32)16-8-2-3-10-24-11-6-7-15-27(24)38-23-19-31-29(30)35/h1,4-7,11-13,15,26H,2-3,8-10,14,16-23H2,(H,31,35). The van der Waals surface area contributed by atoms with E-state index in [0.717, 1.165) is 37.9 Å². The van der Waals surface area contributed by atoms with Gasteiger partial charge >= 0.3 is 0 Å². The number of carbonyl (C=O) groups excluding carboxylic acids is 2. The van der Waals surface area contributed by atoms with Crippen LogP contribution in [0.5, 0.6) is 5.75 Å². The molecule has 3 aliphatic rings. The molecule has 2 saturated heterocycles. The number of nitrogens with one attached hydrogen (secondary N) is 1. The van der Waals surface area contributed by atoms with Crippen LogP contribution in [0.3, 0.4) is 0 Å². The van der Waals surface area contributed by atoms with Gasteiger partial charge in [0.25, 0.3) is 0 Å². The zero-order valence-electron chi connectivity index (χ0n) is 22.5. The minimum Gasteiger partial charge on any atom is -0.491 e. The van der Waals surface area contributed by atoms with Crippen LogP contribution in [-0.2, 0) is 26.0 Å². The second-order valence-corrected chi connectivity index (χ2v) is 12.9. The van der Waals surface area contributed by atoms with Gasteiger partial charge in [0.1, 0.15) is 18.4 Å². The topological polar surface area (TPSA) is 96.0 Å². The van der Waals surface area contributed by atoms with Crippen LogP contribution in [0.4, 0.5) is 0 Å². The zero-order valence-corrected chi connectivity index (χ0v) is 23.3. The first kappa shape index (κ1) is 27.6. The quantitative estimate of drug-likeness (QED) is 0.625. The van der Waals surface area contributed by atoms with Crippen molar-refractivity contribution in [2.45, 2.75) is 68.7 Å². The number of hydrogen-bond donors (Lipinski definition) is 1. The van der Waals surface area contributed by atoms with Gasteiger partial charge in [0.05, 0.1) is 16.9 Å². The molecule has 2 aromatic carbocycles. The van der Waals surface area contributed by atoms with Crippen molar-refractivity contribution in [3.05, 3.63) is 60.2 Å². The first-order valence-electron chi connectivity index (χ1n) is 14.3. The van der Waals surface area contributed by atoms with Crippen LogP contribution in [0.2, 0.25) is 0 Å². The Kier molecular flexibility index (Phi) is 8.57. The molecule has 2 aromatic rings. The number of para-hydroxylation sites is 1. The number of carbonyl (C=O) groups is 2. The Labute approximate surface area is 231 Å². The van der Waals surface area contributed by atoms with Gasteiger partial charge in [-0.25, -0.2) is 8.42 Å². The second-order valence-electron chi connectivity index (χ2n) is 11.0. The lowest BCUT2D eigenvalue weighted by atomic mass is 9.73. The van der Waals surface area contributed by atoms with Gasteiger partial charge < -0.3 is 15.0 Å². The van der Waals surface area contributed by atoms with E-state index in [1.807, 2.05) is 18.2 Å². The fraction of sp³-hybridized carbons (Fsp3) is 0.533. The van der Waals surface area contributed by atoms with Crippen molar-refractivity contribution in [1.82, 2.24) is 14.5 Å². The van der Waals surface area contributed by atoms with Gasteiger partial charge in [0, 0.05) is 19.6 Å². The summed E-state index contributed by atoms with van der Waals surface area (Å²) in [5.41, 5.74) is 0.697. The number of amides is 2. The lowest BCUT2D eigenvalue weighted by molar-refractivity contribution is -0.143. The van der Waals surface area contributed by atoms with Crippen molar-refractivity contribution in [3.8, 4) is 5.75 Å². The van der Waals surface area contributed by atoms with E-state index in [1.54, 1.807) is 35.2 Å². The molecule has 2 amide bonds. The van der Waals surface area contributed by atoms with Crippen LogP contribution in [0.15, 0.2) is 59.5 Å². The highest BCUT2D eigenvalue weighted by Gasteiger charge is 2.45. The third-order valence-electron chi connectivity index (χ3n) is 8.57. The van der Waals surface area contributed by atoms with E-state index in [-0.39, 0.29) is 16.7 Å². The van der Waals surface area contributed by atoms with Gasteiger partial charge in [-0.15, -0.1) is 0 Å². The smallest absolute Gasteiger partial charge is 0.243 e. The Balaban J connectivity index is 1.23. The van der Waals surface area contributed by atoms with E-state index in [0.29, 0.717) is 58.5 Å². The SMILES string of the molecule is O=C(C1CCCN1S(=O)(=O)c1ccccc1)N1CCC2(CCCCCc3ccccc3OCCNC2=O)CC1. The van der Waals surface area contributed by atoms with Gasteiger partial charge in [-0.2, -0.15) is 4.31 Å². The summed E-state index contributed by atoms with van der Waals surface area (Å²) in [6, 6.07) is 15.8. The Hall–Kier alpha value is -2.91. The molecule has 1 N–H and O–H groups in total. The zero-order chi connectivity index (χ0) is 27.3. The van der Waals surface area contributed by atoms with Gasteiger partial charge in [0.15, 0.2) is 0 Å². The molecule has 3 aliphatic heterocycles. The lowest BCUT2D eigenvalue weighted by Gasteiger charge is -2.42. The minimum atomic E-state index is -3.74. The highest BCUT2D eigenvalue weighted by atomic mass is 32.2. The summed E-state index contributed by atoms with van der Waals surface area (Å²) < 4.78 is 33.9. The molecule has 5 rings (SSSR count). The molecule has 1 unspecified atom stereocenters. The van der Waals surface area contributed by atoms with Crippen molar-refractivity contribution in [2.24, 2.45) is 5.41 Å². The van der Waals surface area contributed by atoms with Gasteiger partial charge in [-0.3, -0.25) is 9.59 Å². The molecule has 0 aromatic heterocycles. The van der Waals surface area contributed by atoms with Crippen LogP contribution in [0, 0.1) is 5.41 Å². The first-order valence-corrected chi connectivity index (χ1v) is 15.7. The fourth-order valence-electron chi connectivity index (χ4n) is 6.28. The van der Waals surface area contributed by atoms with Crippen molar-refractivity contribution in [1.29, 1.82) is 0 Å². The molecule has 1 spiro atoms. The van der Waals surface area contributed by atoms with Crippen molar-refractivity contribution >= 4 is 21.8 Å². The van der Waals surface area contributed by atoms with E-state index in [1.165, 1.54) is 9.87 Å². The molecule has 8 nitrogen and oxygen atoms in total. The number of aryl methyl sites for hydroxylation is 1. The Morgan fingerprint density at radius 1 is 0.897 bits per heavy atom. The molecular formula is C30H39N3O5S. The number of sulfonamides is 1. The van der Waals surface area contributed by atoms with Crippen molar-refractivity contribution in [2.75, 3.05) is 32.8 Å². The monoisotopic (exact) mass is 553 g/mol. The van der Waals surface area contributed by atoms with E-state index in [4.69, 9.17) is 4.74 Å². The summed E-state index contributed by atoms with van der Waals surface area (Å²) in [5.74, 6) is 0.792. The summed E-state index contributed by atoms with van der Waals surface area (Å²) in [5, 5.41) is 3.10. The second kappa shape index (κ2) is 12.1. The lowest BCUT2D eigenvalue weighted by Crippen LogP contribution is -2.54. The maximum Gasteiger partial charge on any atom is 0.243 e. The molecule has 0 bridgehead atoms. The average molecular weight is 554 g/mol. The highest BCUT2D eigenvalue weighted by molar-refractivity contribution is 7.89. The summed E-state index contributed by atoms with van der Waals surface area (Å²) in [4.78, 5) is 29.0. The number of fused-ring (bicyclic) bond motifs is 1. The van der Waals surface area contributed by atoms with E-state index in [9.17, 15) is 18.0 Å². The molecular weight excluding hydrogens is 514 g/mol. The third kappa shape index (κ3) is 5.99. The number of nitrogens with zero attached hydrogens (tertiary/aromatic N) is 2. The maximum absolute atomic E-state index is 13.6. The number of rotatable bonds is 3. The Morgan fingerprint density at radius 2 is 1.64 bits per heavy atom. The van der Waals surface area contributed by atoms with Gasteiger partial charge in [0.2, 0.25) is 21.8 Å². The average Bonchev–Trinajstić information content (AvgIpc) is 3.47. The van der Waals surface area contributed by atoms with Crippen molar-refractivity contribution in [3.63, 3.8) is 0 Å². The molecule has 0 radical (unpaired) electrons. The molecule has 0 aliphatic carbocycles. The molecule has 0 saturated carbocycles. The molecule has 2 fully saturated rings. The fourth-order valence-corrected chi connectivity index (χ4v) is 7.95. The Morgan fingerprint density at radius 3 is 2.44 bits per heavy atom. The predicted molar refractivity (Wildman–Crippen MR) is 149 cm³/mol. The predicted octanol–water partition coefficient (Wildman–Crippen LogP) is 3.76. The van der Waals surface area contributed by atoms with Gasteiger partial charge in [-0.05, 0) is 68.7 Å². The van der Waals surface area contributed by atoms with Gasteiger partial charge in [-0.1, -0.05) is 49.2 Å². The van der Waals surface area contributed by atoms with E-state index in [2.05, 4.69) is 11.4 Å². The maximum atomic E-state index is 13.6. The highest BCUT2D eigenvalue weighted by Crippen LogP contribution is 2.38.